The summed E-state index contributed by atoms with van der Waals surface area (Å²) >= 11 is 0. The van der Waals surface area contributed by atoms with E-state index in [1.807, 2.05) is 62.5 Å². The number of likely N-dealkylation sites (N-methyl/N-ethyl adjacent to an activating group) is 1. The first kappa shape index (κ1) is 21.5. The summed E-state index contributed by atoms with van der Waals surface area (Å²) in [5.74, 6) is 0.312. The molecule has 2 heterocycles. The number of carbonyl (C=O) groups excluding carboxylic acids is 1. The molecule has 1 saturated heterocycles. The fraction of sp³-hybridized carbons (Fsp3) is 0.524. The first-order valence-electron chi connectivity index (χ1n) is 9.86. The maximum atomic E-state index is 12.4. The molecule has 8 heteroatoms. The summed E-state index contributed by atoms with van der Waals surface area (Å²) in [4.78, 5) is 14.4. The highest BCUT2D eigenvalue weighted by atomic mass is 32.2. The van der Waals surface area contributed by atoms with Gasteiger partial charge < -0.3 is 5.32 Å². The zero-order chi connectivity index (χ0) is 21.3. The predicted octanol–water partition coefficient (Wildman–Crippen LogP) is 2.55. The van der Waals surface area contributed by atoms with E-state index in [-0.39, 0.29) is 30.0 Å². The number of aromatic nitrogens is 2. The Hall–Kier alpha value is -2.19. The van der Waals surface area contributed by atoms with Gasteiger partial charge in [-0.3, -0.25) is 14.4 Å². The van der Waals surface area contributed by atoms with Gasteiger partial charge in [-0.25, -0.2) is 8.42 Å². The van der Waals surface area contributed by atoms with E-state index >= 15 is 0 Å². The molecule has 1 aromatic carbocycles. The van der Waals surface area contributed by atoms with Gasteiger partial charge in [-0.2, -0.15) is 5.10 Å². The van der Waals surface area contributed by atoms with Crippen LogP contribution < -0.4 is 5.32 Å². The lowest BCUT2D eigenvalue weighted by Gasteiger charge is -2.17. The molecule has 1 atom stereocenters. The number of rotatable bonds is 6. The van der Waals surface area contributed by atoms with Crippen molar-refractivity contribution in [3.05, 3.63) is 46.3 Å². The van der Waals surface area contributed by atoms with Gasteiger partial charge in [-0.05, 0) is 64.4 Å². The van der Waals surface area contributed by atoms with Crippen molar-refractivity contribution in [2.24, 2.45) is 0 Å². The number of sulfone groups is 1. The van der Waals surface area contributed by atoms with Crippen LogP contribution in [0.25, 0.3) is 0 Å². The van der Waals surface area contributed by atoms with Crippen LogP contribution in [0, 0.1) is 27.7 Å². The fourth-order valence-corrected chi connectivity index (χ4v) is 5.53. The highest BCUT2D eigenvalue weighted by Crippen LogP contribution is 2.27. The van der Waals surface area contributed by atoms with E-state index in [2.05, 4.69) is 10.4 Å². The topological polar surface area (TPSA) is 84.3 Å². The quantitative estimate of drug-likeness (QED) is 0.779. The van der Waals surface area contributed by atoms with Gasteiger partial charge in [0.2, 0.25) is 5.91 Å². The number of aryl methyl sites for hydroxylation is 3. The zero-order valence-electron chi connectivity index (χ0n) is 17.8. The molecule has 1 aliphatic heterocycles. The Bertz CT molecular complexity index is 1030. The molecule has 2 aromatic rings. The van der Waals surface area contributed by atoms with Crippen LogP contribution in [0.4, 0.5) is 5.69 Å². The van der Waals surface area contributed by atoms with Crippen LogP contribution in [-0.2, 0) is 21.2 Å². The molecule has 0 saturated carbocycles. The Morgan fingerprint density at radius 1 is 1.24 bits per heavy atom. The van der Waals surface area contributed by atoms with Gasteiger partial charge in [0.05, 0.1) is 29.8 Å². The number of nitrogens with zero attached hydrogens (tertiary/aromatic N) is 3. The Balaban J connectivity index is 1.63. The smallest absolute Gasteiger partial charge is 0.238 e. The summed E-state index contributed by atoms with van der Waals surface area (Å²) in [6.07, 6.45) is 0.609. The Kier molecular flexibility index (Phi) is 6.14. The highest BCUT2D eigenvalue weighted by molar-refractivity contribution is 7.91. The summed E-state index contributed by atoms with van der Waals surface area (Å²) in [5.41, 5.74) is 6.05. The van der Waals surface area contributed by atoms with Gasteiger partial charge in [0.25, 0.3) is 0 Å². The molecule has 0 spiro atoms. The lowest BCUT2D eigenvalue weighted by atomic mass is 10.1. The molecule has 1 aromatic heterocycles. The zero-order valence-corrected chi connectivity index (χ0v) is 18.6. The van der Waals surface area contributed by atoms with E-state index in [0.29, 0.717) is 13.0 Å². The SMILES string of the molecule is Cc1ccc(NC(=O)CN(C)Cc2c(C)nn([C@@H]3CCS(=O)(=O)C3)c2C)cc1C. The fourth-order valence-electron chi connectivity index (χ4n) is 3.84. The van der Waals surface area contributed by atoms with Gasteiger partial charge >= 0.3 is 0 Å². The van der Waals surface area contributed by atoms with Gasteiger partial charge in [-0.15, -0.1) is 0 Å². The van der Waals surface area contributed by atoms with Crippen LogP contribution in [-0.4, -0.2) is 54.1 Å². The van der Waals surface area contributed by atoms with Crippen LogP contribution in [0.15, 0.2) is 18.2 Å². The summed E-state index contributed by atoms with van der Waals surface area (Å²) in [6, 6.07) is 5.79. The van der Waals surface area contributed by atoms with Crippen molar-refractivity contribution >= 4 is 21.4 Å². The number of anilines is 1. The van der Waals surface area contributed by atoms with Crippen molar-refractivity contribution in [1.29, 1.82) is 0 Å². The molecule has 158 valence electrons. The van der Waals surface area contributed by atoms with E-state index in [9.17, 15) is 13.2 Å². The molecule has 7 nitrogen and oxygen atoms in total. The third-order valence-electron chi connectivity index (χ3n) is 5.66. The average Bonchev–Trinajstić information content (AvgIpc) is 3.11. The number of nitrogens with one attached hydrogen (secondary N) is 1. The maximum Gasteiger partial charge on any atom is 0.238 e. The van der Waals surface area contributed by atoms with Crippen LogP contribution in [0.1, 0.15) is 40.5 Å². The van der Waals surface area contributed by atoms with Gasteiger partial charge in [-0.1, -0.05) is 6.07 Å². The Labute approximate surface area is 173 Å². The maximum absolute atomic E-state index is 12.4. The van der Waals surface area contributed by atoms with Crippen molar-refractivity contribution in [2.45, 2.75) is 46.7 Å². The minimum absolute atomic E-state index is 0.0691. The predicted molar refractivity (Wildman–Crippen MR) is 115 cm³/mol. The number of benzene rings is 1. The molecule has 1 N–H and O–H groups in total. The third kappa shape index (κ3) is 5.05. The second-order valence-electron chi connectivity index (χ2n) is 8.17. The number of amides is 1. The second-order valence-corrected chi connectivity index (χ2v) is 10.4. The molecule has 1 aliphatic rings. The normalized spacial score (nSPS) is 18.3. The van der Waals surface area contributed by atoms with Crippen molar-refractivity contribution < 1.29 is 13.2 Å². The van der Waals surface area contributed by atoms with Crippen molar-refractivity contribution in [1.82, 2.24) is 14.7 Å². The molecule has 0 unspecified atom stereocenters. The minimum atomic E-state index is -2.96. The number of hydrogen-bond donors (Lipinski definition) is 1. The summed E-state index contributed by atoms with van der Waals surface area (Å²) in [6.45, 7) is 8.82. The van der Waals surface area contributed by atoms with Crippen molar-refractivity contribution in [3.63, 3.8) is 0 Å². The summed E-state index contributed by atoms with van der Waals surface area (Å²) in [7, 11) is -1.06. The van der Waals surface area contributed by atoms with E-state index in [1.165, 1.54) is 5.56 Å². The van der Waals surface area contributed by atoms with Crippen molar-refractivity contribution in [2.75, 3.05) is 30.4 Å². The van der Waals surface area contributed by atoms with Gasteiger partial charge in [0.15, 0.2) is 9.84 Å². The molecule has 3 rings (SSSR count). The molecule has 0 radical (unpaired) electrons. The molecule has 1 amide bonds. The Morgan fingerprint density at radius 3 is 2.59 bits per heavy atom. The van der Waals surface area contributed by atoms with Gasteiger partial charge in [0.1, 0.15) is 0 Å². The summed E-state index contributed by atoms with van der Waals surface area (Å²) < 4.78 is 25.5. The first-order chi connectivity index (χ1) is 13.6. The molecule has 29 heavy (non-hydrogen) atoms. The standard InChI is InChI=1S/C21H30N4O3S/c1-14-6-7-18(10-15(14)2)22-21(26)12-24(5)11-20-16(3)23-25(17(20)4)19-8-9-29(27,28)13-19/h6-7,10,19H,8-9,11-13H2,1-5H3,(H,22,26)/t19-/m1/s1. The number of carbonyl (C=O) groups is 1. The monoisotopic (exact) mass is 418 g/mol. The number of hydrogen-bond acceptors (Lipinski definition) is 5. The van der Waals surface area contributed by atoms with Crippen LogP contribution in [0.3, 0.4) is 0 Å². The lowest BCUT2D eigenvalue weighted by Crippen LogP contribution is -2.30. The van der Waals surface area contributed by atoms with Gasteiger partial charge in [0, 0.05) is 23.5 Å². The van der Waals surface area contributed by atoms with Crippen molar-refractivity contribution in [3.8, 4) is 0 Å². The van der Waals surface area contributed by atoms with E-state index in [0.717, 1.165) is 28.2 Å². The molecule has 1 fully saturated rings. The lowest BCUT2D eigenvalue weighted by molar-refractivity contribution is -0.117. The second kappa shape index (κ2) is 8.28. The van der Waals surface area contributed by atoms with E-state index < -0.39 is 9.84 Å². The molecule has 0 aliphatic carbocycles. The average molecular weight is 419 g/mol. The van der Waals surface area contributed by atoms with Crippen LogP contribution in [0.5, 0.6) is 0 Å². The summed E-state index contributed by atoms with van der Waals surface area (Å²) in [5, 5.41) is 7.55. The first-order valence-corrected chi connectivity index (χ1v) is 11.7. The molecular weight excluding hydrogens is 388 g/mol. The third-order valence-corrected chi connectivity index (χ3v) is 7.41. The largest absolute Gasteiger partial charge is 0.325 e. The van der Waals surface area contributed by atoms with Crippen LogP contribution >= 0.6 is 0 Å². The Morgan fingerprint density at radius 2 is 1.97 bits per heavy atom. The molecule has 0 bridgehead atoms. The highest BCUT2D eigenvalue weighted by Gasteiger charge is 2.31. The molecular formula is C21H30N4O3S. The van der Waals surface area contributed by atoms with E-state index in [4.69, 9.17) is 0 Å². The van der Waals surface area contributed by atoms with E-state index in [1.54, 1.807) is 0 Å². The van der Waals surface area contributed by atoms with Crippen LogP contribution in [0.2, 0.25) is 0 Å². The minimum Gasteiger partial charge on any atom is -0.325 e.